The number of carbonyl (C=O) groups is 2. The molecule has 1 saturated carbocycles. The maximum Gasteiger partial charge on any atom is 0.333 e. The molecule has 1 atom stereocenters. The van der Waals surface area contributed by atoms with E-state index in [0.717, 1.165) is 25.7 Å². The highest BCUT2D eigenvalue weighted by Gasteiger charge is 2.38. The first-order chi connectivity index (χ1) is 7.97. The minimum absolute atomic E-state index is 0.0478. The van der Waals surface area contributed by atoms with E-state index in [1.54, 1.807) is 13.8 Å². The van der Waals surface area contributed by atoms with Crippen LogP contribution in [0.2, 0.25) is 0 Å². The second-order valence-corrected chi connectivity index (χ2v) is 5.25. The highest BCUT2D eigenvalue weighted by atomic mass is 16.5. The van der Waals surface area contributed by atoms with Gasteiger partial charge in [-0.3, -0.25) is 4.79 Å². The molecule has 0 heterocycles. The molecule has 0 bridgehead atoms. The predicted molar refractivity (Wildman–Crippen MR) is 62.6 cm³/mol. The molecule has 0 radical (unpaired) electrons. The summed E-state index contributed by atoms with van der Waals surface area (Å²) in [5, 5.41) is 11.8. The molecule has 1 aliphatic rings. The van der Waals surface area contributed by atoms with Crippen molar-refractivity contribution in [3.8, 4) is 0 Å². The first-order valence-corrected chi connectivity index (χ1v) is 6.02. The van der Waals surface area contributed by atoms with E-state index >= 15 is 0 Å². The van der Waals surface area contributed by atoms with E-state index < -0.39 is 17.5 Å². The summed E-state index contributed by atoms with van der Waals surface area (Å²) in [5.41, 5.74) is -0.616. The summed E-state index contributed by atoms with van der Waals surface area (Å²) in [6.07, 6.45) is 3.82. The Morgan fingerprint density at radius 2 is 2.12 bits per heavy atom. The number of carbonyl (C=O) groups excluding carboxylic acids is 1. The van der Waals surface area contributed by atoms with E-state index in [4.69, 9.17) is 4.74 Å². The zero-order valence-electron chi connectivity index (χ0n) is 10.4. The molecular formula is C12H21NO4. The molecule has 0 aromatic carbocycles. The van der Waals surface area contributed by atoms with E-state index in [1.807, 2.05) is 0 Å². The smallest absolute Gasteiger partial charge is 0.333 e. The standard InChI is InChI=1S/C12H21NO4/c1-12(2,7-13-8-14)10(11(15)16)17-9-5-3-4-6-9/h8-10H,3-7H2,1-2H3,(H,13,14)(H,15,16). The summed E-state index contributed by atoms with van der Waals surface area (Å²) in [5.74, 6) is -0.963. The molecule has 1 unspecified atom stereocenters. The molecule has 2 N–H and O–H groups in total. The van der Waals surface area contributed by atoms with Crippen LogP contribution in [0.3, 0.4) is 0 Å². The van der Waals surface area contributed by atoms with Gasteiger partial charge in [0.05, 0.1) is 6.10 Å². The normalized spacial score (nSPS) is 18.9. The molecule has 0 aliphatic heterocycles. The molecular weight excluding hydrogens is 222 g/mol. The Kier molecular flexibility index (Phi) is 4.93. The minimum Gasteiger partial charge on any atom is -0.479 e. The van der Waals surface area contributed by atoms with Gasteiger partial charge in [-0.2, -0.15) is 0 Å². The number of aliphatic carboxylic acids is 1. The van der Waals surface area contributed by atoms with Crippen molar-refractivity contribution in [3.63, 3.8) is 0 Å². The SMILES string of the molecule is CC(C)(CNC=O)C(OC1CCCC1)C(=O)O. The highest BCUT2D eigenvalue weighted by Crippen LogP contribution is 2.29. The van der Waals surface area contributed by atoms with Crippen LogP contribution in [0, 0.1) is 5.41 Å². The van der Waals surface area contributed by atoms with E-state index in [0.29, 0.717) is 13.0 Å². The summed E-state index contributed by atoms with van der Waals surface area (Å²) in [6, 6.07) is 0. The Balaban J connectivity index is 2.62. The van der Waals surface area contributed by atoms with Crippen LogP contribution in [-0.2, 0) is 14.3 Å². The van der Waals surface area contributed by atoms with Crippen molar-refractivity contribution in [1.29, 1.82) is 0 Å². The Hall–Kier alpha value is -1.10. The van der Waals surface area contributed by atoms with Crippen molar-refractivity contribution in [3.05, 3.63) is 0 Å². The fourth-order valence-corrected chi connectivity index (χ4v) is 2.19. The molecule has 1 amide bonds. The third-order valence-electron chi connectivity index (χ3n) is 3.21. The zero-order valence-corrected chi connectivity index (χ0v) is 10.4. The van der Waals surface area contributed by atoms with Crippen molar-refractivity contribution in [2.24, 2.45) is 5.41 Å². The van der Waals surface area contributed by atoms with Crippen LogP contribution in [0.1, 0.15) is 39.5 Å². The van der Waals surface area contributed by atoms with Gasteiger partial charge in [0.2, 0.25) is 6.41 Å². The average molecular weight is 243 g/mol. The Morgan fingerprint density at radius 3 is 2.59 bits per heavy atom. The molecule has 5 nitrogen and oxygen atoms in total. The largest absolute Gasteiger partial charge is 0.479 e. The summed E-state index contributed by atoms with van der Waals surface area (Å²) in [7, 11) is 0. The van der Waals surface area contributed by atoms with Gasteiger partial charge in [0.1, 0.15) is 0 Å². The maximum absolute atomic E-state index is 11.3. The zero-order chi connectivity index (χ0) is 12.9. The minimum atomic E-state index is -0.963. The number of nitrogens with one attached hydrogen (secondary N) is 1. The van der Waals surface area contributed by atoms with Gasteiger partial charge in [-0.25, -0.2) is 4.79 Å². The molecule has 5 heteroatoms. The van der Waals surface area contributed by atoms with Crippen LogP contribution in [0.4, 0.5) is 0 Å². The van der Waals surface area contributed by atoms with Crippen LogP contribution >= 0.6 is 0 Å². The molecule has 0 spiro atoms. The lowest BCUT2D eigenvalue weighted by Gasteiger charge is -2.32. The summed E-state index contributed by atoms with van der Waals surface area (Å²) in [4.78, 5) is 21.5. The van der Waals surface area contributed by atoms with Crippen molar-refractivity contribution in [2.45, 2.75) is 51.7 Å². The van der Waals surface area contributed by atoms with Crippen molar-refractivity contribution in [1.82, 2.24) is 5.32 Å². The third kappa shape index (κ3) is 4.00. The Labute approximate surface area is 102 Å². The lowest BCUT2D eigenvalue weighted by atomic mass is 9.86. The van der Waals surface area contributed by atoms with Gasteiger partial charge in [-0.1, -0.05) is 26.7 Å². The summed E-state index contributed by atoms with van der Waals surface area (Å²) in [6.45, 7) is 3.87. The molecule has 0 aromatic heterocycles. The first kappa shape index (κ1) is 14.0. The lowest BCUT2D eigenvalue weighted by molar-refractivity contribution is -0.164. The molecule has 1 rings (SSSR count). The second-order valence-electron chi connectivity index (χ2n) is 5.25. The van der Waals surface area contributed by atoms with Gasteiger partial charge < -0.3 is 15.2 Å². The van der Waals surface area contributed by atoms with E-state index in [2.05, 4.69) is 5.32 Å². The van der Waals surface area contributed by atoms with Gasteiger partial charge in [-0.05, 0) is 12.8 Å². The molecule has 17 heavy (non-hydrogen) atoms. The predicted octanol–water partition coefficient (Wildman–Crippen LogP) is 1.17. The quantitative estimate of drug-likeness (QED) is 0.658. The van der Waals surface area contributed by atoms with Gasteiger partial charge in [0, 0.05) is 12.0 Å². The average Bonchev–Trinajstić information content (AvgIpc) is 2.75. The van der Waals surface area contributed by atoms with Crippen molar-refractivity contribution in [2.75, 3.05) is 6.54 Å². The van der Waals surface area contributed by atoms with E-state index in [1.165, 1.54) is 0 Å². The number of carboxylic acid groups (broad SMARTS) is 1. The van der Waals surface area contributed by atoms with E-state index in [-0.39, 0.29) is 6.10 Å². The number of ether oxygens (including phenoxy) is 1. The number of hydrogen-bond acceptors (Lipinski definition) is 3. The number of carboxylic acids is 1. The van der Waals surface area contributed by atoms with E-state index in [9.17, 15) is 14.7 Å². The number of amides is 1. The van der Waals surface area contributed by atoms with Crippen LogP contribution in [0.25, 0.3) is 0 Å². The summed E-state index contributed by atoms with van der Waals surface area (Å²) >= 11 is 0. The van der Waals surface area contributed by atoms with Crippen molar-refractivity contribution < 1.29 is 19.4 Å². The maximum atomic E-state index is 11.3. The van der Waals surface area contributed by atoms with Gasteiger partial charge in [-0.15, -0.1) is 0 Å². The van der Waals surface area contributed by atoms with Crippen LogP contribution in [-0.4, -0.2) is 36.2 Å². The molecule has 0 saturated heterocycles. The fraction of sp³-hybridized carbons (Fsp3) is 0.833. The molecule has 0 aromatic rings. The number of rotatable bonds is 7. The topological polar surface area (TPSA) is 75.6 Å². The van der Waals surface area contributed by atoms with Gasteiger partial charge >= 0.3 is 5.97 Å². The highest BCUT2D eigenvalue weighted by molar-refractivity contribution is 5.73. The molecule has 1 fully saturated rings. The molecule has 98 valence electrons. The van der Waals surface area contributed by atoms with Gasteiger partial charge in [0.15, 0.2) is 6.10 Å². The first-order valence-electron chi connectivity index (χ1n) is 6.02. The van der Waals surface area contributed by atoms with Crippen LogP contribution < -0.4 is 5.32 Å². The van der Waals surface area contributed by atoms with Crippen molar-refractivity contribution >= 4 is 12.4 Å². The van der Waals surface area contributed by atoms with Crippen LogP contribution in [0.5, 0.6) is 0 Å². The second kappa shape index (κ2) is 6.00. The third-order valence-corrected chi connectivity index (χ3v) is 3.21. The number of hydrogen-bond donors (Lipinski definition) is 2. The van der Waals surface area contributed by atoms with Crippen LogP contribution in [0.15, 0.2) is 0 Å². The molecule has 1 aliphatic carbocycles. The monoisotopic (exact) mass is 243 g/mol. The van der Waals surface area contributed by atoms with Gasteiger partial charge in [0.25, 0.3) is 0 Å². The summed E-state index contributed by atoms with van der Waals surface area (Å²) < 4.78 is 5.68. The fourth-order valence-electron chi connectivity index (χ4n) is 2.19. The lowest BCUT2D eigenvalue weighted by Crippen LogP contribution is -2.46. The Morgan fingerprint density at radius 1 is 1.53 bits per heavy atom. The Bertz CT molecular complexity index is 272.